The summed E-state index contributed by atoms with van der Waals surface area (Å²) in [5, 5.41) is 3.02. The highest BCUT2D eigenvalue weighted by Gasteiger charge is 2.24. The number of nitrogens with one attached hydrogen (secondary N) is 1. The molecule has 0 radical (unpaired) electrons. The van der Waals surface area contributed by atoms with Crippen LogP contribution in [-0.2, 0) is 11.3 Å². The van der Waals surface area contributed by atoms with Gasteiger partial charge in [-0.25, -0.2) is 4.98 Å². The molecule has 2 aromatic rings. The van der Waals surface area contributed by atoms with Gasteiger partial charge in [-0.15, -0.1) is 0 Å². The number of carbonyl (C=O) groups is 1. The van der Waals surface area contributed by atoms with Crippen molar-refractivity contribution in [3.8, 4) is 11.6 Å². The van der Waals surface area contributed by atoms with Crippen LogP contribution in [0.4, 0.5) is 0 Å². The molecule has 0 saturated carbocycles. The van der Waals surface area contributed by atoms with E-state index in [0.717, 1.165) is 38.0 Å². The molecule has 1 aromatic carbocycles. The third-order valence-corrected chi connectivity index (χ3v) is 5.13. The van der Waals surface area contributed by atoms with Crippen molar-refractivity contribution in [3.05, 3.63) is 53.7 Å². The van der Waals surface area contributed by atoms with Crippen molar-refractivity contribution < 1.29 is 14.3 Å². The number of pyridine rings is 1. The molecule has 1 saturated heterocycles. The van der Waals surface area contributed by atoms with Gasteiger partial charge in [-0.05, 0) is 36.1 Å². The summed E-state index contributed by atoms with van der Waals surface area (Å²) >= 11 is 0. The molecule has 0 bridgehead atoms. The Morgan fingerprint density at radius 2 is 2.00 bits per heavy atom. The fraction of sp³-hybridized carbons (Fsp3) is 0.429. The number of nitrogens with zero attached hydrogens (tertiary/aromatic N) is 2. The van der Waals surface area contributed by atoms with E-state index in [1.807, 2.05) is 12.1 Å². The number of piperidine rings is 1. The molecule has 0 unspecified atom stereocenters. The van der Waals surface area contributed by atoms with E-state index < -0.39 is 0 Å². The topological polar surface area (TPSA) is 63.7 Å². The van der Waals surface area contributed by atoms with Crippen LogP contribution in [0.15, 0.2) is 42.6 Å². The number of ether oxygens (including phenoxy) is 2. The van der Waals surface area contributed by atoms with Crippen molar-refractivity contribution in [3.63, 3.8) is 0 Å². The van der Waals surface area contributed by atoms with Crippen LogP contribution >= 0.6 is 0 Å². The van der Waals surface area contributed by atoms with Crippen molar-refractivity contribution >= 4 is 5.91 Å². The molecule has 2 aliphatic rings. The van der Waals surface area contributed by atoms with E-state index in [2.05, 4.69) is 39.5 Å². The van der Waals surface area contributed by atoms with E-state index in [0.29, 0.717) is 24.3 Å². The van der Waals surface area contributed by atoms with Crippen LogP contribution in [-0.4, -0.2) is 41.5 Å². The molecular weight excluding hydrogens is 342 g/mol. The van der Waals surface area contributed by atoms with Gasteiger partial charge in [0.1, 0.15) is 6.61 Å². The zero-order valence-corrected chi connectivity index (χ0v) is 15.6. The highest BCUT2D eigenvalue weighted by atomic mass is 16.6. The molecule has 0 aliphatic carbocycles. The first kappa shape index (κ1) is 17.8. The summed E-state index contributed by atoms with van der Waals surface area (Å²) in [6.45, 7) is 5.03. The second-order valence-electron chi connectivity index (χ2n) is 7.22. The average molecular weight is 367 g/mol. The van der Waals surface area contributed by atoms with Gasteiger partial charge >= 0.3 is 0 Å². The van der Waals surface area contributed by atoms with Gasteiger partial charge in [-0.3, -0.25) is 9.69 Å². The lowest BCUT2D eigenvalue weighted by molar-refractivity contribution is -0.119. The van der Waals surface area contributed by atoms with Crippen LogP contribution in [0.3, 0.4) is 0 Å². The normalized spacial score (nSPS) is 20.3. The van der Waals surface area contributed by atoms with Gasteiger partial charge in [0.05, 0.1) is 0 Å². The molecule has 1 fully saturated rings. The predicted octanol–water partition coefficient (Wildman–Crippen LogP) is 2.69. The smallest absolute Gasteiger partial charge is 0.257 e. The Morgan fingerprint density at radius 3 is 2.74 bits per heavy atom. The van der Waals surface area contributed by atoms with Gasteiger partial charge in [-0.1, -0.05) is 24.3 Å². The summed E-state index contributed by atoms with van der Waals surface area (Å²) in [6.07, 6.45) is 3.60. The second kappa shape index (κ2) is 7.96. The molecule has 1 aromatic heterocycles. The zero-order chi connectivity index (χ0) is 18.6. The van der Waals surface area contributed by atoms with Crippen molar-refractivity contribution in [1.82, 2.24) is 15.2 Å². The Hall–Kier alpha value is -2.60. The second-order valence-corrected chi connectivity index (χ2v) is 7.22. The Labute approximate surface area is 159 Å². The summed E-state index contributed by atoms with van der Waals surface area (Å²) in [5.74, 6) is 1.32. The quantitative estimate of drug-likeness (QED) is 0.900. The minimum Gasteiger partial charge on any atom is -0.484 e. The molecule has 6 nitrogen and oxygen atoms in total. The van der Waals surface area contributed by atoms with Crippen LogP contribution in [0.2, 0.25) is 0 Å². The first-order valence-electron chi connectivity index (χ1n) is 9.50. The lowest BCUT2D eigenvalue weighted by atomic mass is 10.0. The molecular formula is C21H25N3O3. The third kappa shape index (κ3) is 4.39. The summed E-state index contributed by atoms with van der Waals surface area (Å²) in [7, 11) is 0. The highest BCUT2D eigenvalue weighted by Crippen LogP contribution is 2.34. The number of benzene rings is 1. The molecule has 0 spiro atoms. The van der Waals surface area contributed by atoms with E-state index in [4.69, 9.17) is 9.47 Å². The number of aromatic nitrogens is 1. The van der Waals surface area contributed by atoms with Crippen molar-refractivity contribution in [2.45, 2.75) is 38.5 Å². The van der Waals surface area contributed by atoms with E-state index in [9.17, 15) is 4.79 Å². The Morgan fingerprint density at radius 1 is 1.22 bits per heavy atom. The summed E-state index contributed by atoms with van der Waals surface area (Å²) in [4.78, 5) is 17.8. The van der Waals surface area contributed by atoms with E-state index in [1.54, 1.807) is 13.1 Å². The van der Waals surface area contributed by atoms with Gasteiger partial charge in [0.2, 0.25) is 5.91 Å². The fourth-order valence-electron chi connectivity index (χ4n) is 3.69. The molecule has 4 rings (SSSR count). The number of fused-ring (bicyclic) bond motifs is 1. The summed E-state index contributed by atoms with van der Waals surface area (Å²) < 4.78 is 11.7. The van der Waals surface area contributed by atoms with Crippen LogP contribution in [0.1, 0.15) is 37.0 Å². The number of hydrogen-bond acceptors (Lipinski definition) is 5. The third-order valence-electron chi connectivity index (χ3n) is 5.13. The molecule has 2 aliphatic heterocycles. The van der Waals surface area contributed by atoms with Gasteiger partial charge in [0, 0.05) is 38.8 Å². The summed E-state index contributed by atoms with van der Waals surface area (Å²) in [6, 6.07) is 12.6. The lowest BCUT2D eigenvalue weighted by Crippen LogP contribution is -2.43. The number of likely N-dealkylation sites (tertiary alicyclic amines) is 1. The minimum atomic E-state index is -0.130. The van der Waals surface area contributed by atoms with E-state index in [1.165, 1.54) is 5.56 Å². The van der Waals surface area contributed by atoms with Gasteiger partial charge < -0.3 is 14.8 Å². The van der Waals surface area contributed by atoms with Gasteiger partial charge in [-0.2, -0.15) is 0 Å². The Kier molecular flexibility index (Phi) is 5.25. The van der Waals surface area contributed by atoms with Crippen molar-refractivity contribution in [2.75, 3.05) is 19.7 Å². The molecule has 1 N–H and O–H groups in total. The summed E-state index contributed by atoms with van der Waals surface area (Å²) in [5.41, 5.74) is 2.38. The average Bonchev–Trinajstić information content (AvgIpc) is 2.69. The largest absolute Gasteiger partial charge is 0.484 e. The zero-order valence-electron chi connectivity index (χ0n) is 15.6. The maximum Gasteiger partial charge on any atom is 0.257 e. The number of hydrogen-bond donors (Lipinski definition) is 1. The van der Waals surface area contributed by atoms with Crippen LogP contribution in [0.25, 0.3) is 0 Å². The van der Waals surface area contributed by atoms with Gasteiger partial charge in [0.15, 0.2) is 11.9 Å². The first-order chi connectivity index (χ1) is 13.2. The molecule has 1 amide bonds. The molecule has 1 atom stereocenters. The first-order valence-corrected chi connectivity index (χ1v) is 9.50. The predicted molar refractivity (Wildman–Crippen MR) is 102 cm³/mol. The number of rotatable bonds is 4. The fourth-order valence-corrected chi connectivity index (χ4v) is 3.69. The SMILES string of the molecule is CC(=O)NC1CCN(Cc2ccc([C@H]3COc4cccnc4O3)cc2)CC1. The van der Waals surface area contributed by atoms with Crippen molar-refractivity contribution in [1.29, 1.82) is 0 Å². The van der Waals surface area contributed by atoms with Crippen LogP contribution in [0.5, 0.6) is 11.6 Å². The molecule has 27 heavy (non-hydrogen) atoms. The van der Waals surface area contributed by atoms with E-state index >= 15 is 0 Å². The highest BCUT2D eigenvalue weighted by molar-refractivity contribution is 5.73. The van der Waals surface area contributed by atoms with Crippen LogP contribution < -0.4 is 14.8 Å². The monoisotopic (exact) mass is 367 g/mol. The standard InChI is InChI=1S/C21H25N3O3/c1-15(25)23-18-8-11-24(12-9-18)13-16-4-6-17(7-5-16)20-14-26-19-3-2-10-22-21(19)27-20/h2-7,10,18,20H,8-9,11-14H2,1H3,(H,23,25)/t20-/m1/s1. The van der Waals surface area contributed by atoms with Crippen molar-refractivity contribution in [2.24, 2.45) is 0 Å². The maximum atomic E-state index is 11.2. The minimum absolute atomic E-state index is 0.0655. The molecule has 6 heteroatoms. The Bertz CT molecular complexity index is 786. The Balaban J connectivity index is 1.32. The number of amides is 1. The molecule has 3 heterocycles. The van der Waals surface area contributed by atoms with Gasteiger partial charge in [0.25, 0.3) is 5.88 Å². The van der Waals surface area contributed by atoms with Crippen LogP contribution in [0, 0.1) is 0 Å². The van der Waals surface area contributed by atoms with E-state index in [-0.39, 0.29) is 12.0 Å². The number of carbonyl (C=O) groups excluding carboxylic acids is 1. The maximum absolute atomic E-state index is 11.2. The molecule has 142 valence electrons. The lowest BCUT2D eigenvalue weighted by Gasteiger charge is -2.32.